The van der Waals surface area contributed by atoms with Gasteiger partial charge in [-0.25, -0.2) is 4.98 Å². The van der Waals surface area contributed by atoms with Crippen LogP contribution in [0.25, 0.3) is 0 Å². The third kappa shape index (κ3) is 3.80. The Kier molecular flexibility index (Phi) is 4.97. The average molecular weight is 281 g/mol. The lowest BCUT2D eigenvalue weighted by Gasteiger charge is -2.29. The summed E-state index contributed by atoms with van der Waals surface area (Å²) in [5.74, 6) is 0.826. The highest BCUT2D eigenvalue weighted by Crippen LogP contribution is 2.19. The quantitative estimate of drug-likeness (QED) is 0.913. The summed E-state index contributed by atoms with van der Waals surface area (Å²) in [6, 6.07) is 5.86. The molecule has 1 aliphatic heterocycles. The van der Waals surface area contributed by atoms with Gasteiger partial charge in [-0.15, -0.1) is 0 Å². The van der Waals surface area contributed by atoms with Crippen LogP contribution in [0.1, 0.15) is 12.6 Å². The first-order valence-corrected chi connectivity index (χ1v) is 6.73. The summed E-state index contributed by atoms with van der Waals surface area (Å²) < 4.78 is 5.32. The van der Waals surface area contributed by atoms with E-state index >= 15 is 0 Å². The Balaban J connectivity index is 2.05. The fourth-order valence-electron chi connectivity index (χ4n) is 2.01. The predicted molar refractivity (Wildman–Crippen MR) is 74.0 cm³/mol. The van der Waals surface area contributed by atoms with Crippen LogP contribution in [0.4, 0.5) is 5.82 Å². The van der Waals surface area contributed by atoms with Crippen LogP contribution in [0.5, 0.6) is 0 Å². The van der Waals surface area contributed by atoms with Gasteiger partial charge in [-0.2, -0.15) is 5.26 Å². The molecule has 0 amide bonds. The van der Waals surface area contributed by atoms with E-state index in [2.05, 4.69) is 21.3 Å². The Labute approximate surface area is 118 Å². The molecule has 6 heteroatoms. The van der Waals surface area contributed by atoms with Crippen molar-refractivity contribution < 1.29 is 4.74 Å². The van der Waals surface area contributed by atoms with Crippen LogP contribution in [-0.4, -0.2) is 42.2 Å². The number of nitriles is 1. The fourth-order valence-corrected chi connectivity index (χ4v) is 2.18. The smallest absolute Gasteiger partial charge is 0.156 e. The van der Waals surface area contributed by atoms with Gasteiger partial charge < -0.3 is 10.1 Å². The summed E-state index contributed by atoms with van der Waals surface area (Å²) in [7, 11) is 0. The van der Waals surface area contributed by atoms with Crippen molar-refractivity contribution in [1.82, 2.24) is 9.88 Å². The van der Waals surface area contributed by atoms with Crippen molar-refractivity contribution >= 4 is 17.4 Å². The van der Waals surface area contributed by atoms with Crippen molar-refractivity contribution in [3.63, 3.8) is 0 Å². The molecule has 0 spiro atoms. The zero-order chi connectivity index (χ0) is 13.7. The van der Waals surface area contributed by atoms with E-state index in [0.29, 0.717) is 24.7 Å². The summed E-state index contributed by atoms with van der Waals surface area (Å²) in [6.45, 7) is 5.45. The largest absolute Gasteiger partial charge is 0.370 e. The van der Waals surface area contributed by atoms with Crippen molar-refractivity contribution in [2.75, 3.05) is 31.6 Å². The topological polar surface area (TPSA) is 61.2 Å². The minimum absolute atomic E-state index is 0.357. The van der Waals surface area contributed by atoms with Crippen molar-refractivity contribution in [2.24, 2.45) is 0 Å². The lowest BCUT2D eigenvalue weighted by molar-refractivity contribution is -0.00309. The molecule has 1 aromatic rings. The molecule has 0 aromatic carbocycles. The molecule has 1 fully saturated rings. The van der Waals surface area contributed by atoms with E-state index < -0.39 is 0 Å². The second-order valence-electron chi connectivity index (χ2n) is 4.38. The maximum absolute atomic E-state index is 8.89. The van der Waals surface area contributed by atoms with Crippen LogP contribution in [0.3, 0.4) is 0 Å². The molecular weight excluding hydrogens is 264 g/mol. The maximum atomic E-state index is 8.89. The Hall–Kier alpha value is -1.35. The zero-order valence-electron chi connectivity index (χ0n) is 10.9. The molecule has 1 atom stereocenters. The molecule has 1 unspecified atom stereocenters. The van der Waals surface area contributed by atoms with Gasteiger partial charge in [-0.3, -0.25) is 4.90 Å². The number of nitrogens with one attached hydrogen (secondary N) is 1. The van der Waals surface area contributed by atoms with Gasteiger partial charge in [0.15, 0.2) is 6.10 Å². The SMILES string of the molecule is CCNc1ccc(Cl)c(CN2CCOC(C#N)C2)n1. The second kappa shape index (κ2) is 6.71. The molecule has 5 nitrogen and oxygen atoms in total. The first-order chi connectivity index (χ1) is 9.22. The number of aromatic nitrogens is 1. The van der Waals surface area contributed by atoms with Gasteiger partial charge in [0.1, 0.15) is 5.82 Å². The number of pyridine rings is 1. The number of halogens is 1. The van der Waals surface area contributed by atoms with Crippen LogP contribution < -0.4 is 5.32 Å². The molecule has 1 aliphatic rings. The molecule has 102 valence electrons. The van der Waals surface area contributed by atoms with Crippen molar-refractivity contribution in [1.29, 1.82) is 5.26 Å². The Morgan fingerprint density at radius 2 is 2.47 bits per heavy atom. The first-order valence-electron chi connectivity index (χ1n) is 6.35. The summed E-state index contributed by atoms with van der Waals surface area (Å²) in [5, 5.41) is 12.7. The van der Waals surface area contributed by atoms with Crippen molar-refractivity contribution in [2.45, 2.75) is 19.6 Å². The molecule has 0 aliphatic carbocycles. The van der Waals surface area contributed by atoms with E-state index in [1.54, 1.807) is 0 Å². The van der Waals surface area contributed by atoms with Gasteiger partial charge in [0, 0.05) is 26.2 Å². The third-order valence-electron chi connectivity index (χ3n) is 2.94. The molecule has 1 aromatic heterocycles. The lowest BCUT2D eigenvalue weighted by Crippen LogP contribution is -2.41. The zero-order valence-corrected chi connectivity index (χ0v) is 11.7. The molecule has 2 rings (SSSR count). The monoisotopic (exact) mass is 280 g/mol. The number of morpholine rings is 1. The lowest BCUT2D eigenvalue weighted by atomic mass is 10.2. The third-order valence-corrected chi connectivity index (χ3v) is 3.29. The van der Waals surface area contributed by atoms with E-state index in [9.17, 15) is 0 Å². The Bertz CT molecular complexity index is 474. The highest BCUT2D eigenvalue weighted by atomic mass is 35.5. The Morgan fingerprint density at radius 3 is 3.21 bits per heavy atom. The minimum atomic E-state index is -0.357. The van der Waals surface area contributed by atoms with Crippen molar-refractivity contribution in [3.8, 4) is 6.07 Å². The summed E-state index contributed by atoms with van der Waals surface area (Å²) >= 11 is 6.17. The first kappa shape index (κ1) is 14.1. The van der Waals surface area contributed by atoms with Crippen LogP contribution >= 0.6 is 11.6 Å². The van der Waals surface area contributed by atoms with Crippen molar-refractivity contribution in [3.05, 3.63) is 22.8 Å². The second-order valence-corrected chi connectivity index (χ2v) is 4.79. The molecule has 1 N–H and O–H groups in total. The molecule has 1 saturated heterocycles. The van der Waals surface area contributed by atoms with Gasteiger partial charge in [-0.05, 0) is 19.1 Å². The van der Waals surface area contributed by atoms with Gasteiger partial charge in [0.2, 0.25) is 0 Å². The van der Waals surface area contributed by atoms with E-state index in [0.717, 1.165) is 24.6 Å². The molecule has 2 heterocycles. The maximum Gasteiger partial charge on any atom is 0.156 e. The highest BCUT2D eigenvalue weighted by Gasteiger charge is 2.21. The van der Waals surface area contributed by atoms with E-state index in [4.69, 9.17) is 21.6 Å². The molecule has 0 bridgehead atoms. The number of anilines is 1. The van der Waals surface area contributed by atoms with Gasteiger partial charge in [-0.1, -0.05) is 11.6 Å². The average Bonchev–Trinajstić information content (AvgIpc) is 2.43. The standard InChI is InChI=1S/C13H17ClN4O/c1-2-16-13-4-3-11(14)12(17-13)9-18-5-6-19-10(7-15)8-18/h3-4,10H,2,5-6,8-9H2,1H3,(H,16,17). The van der Waals surface area contributed by atoms with E-state index in [-0.39, 0.29) is 6.10 Å². The molecule has 0 radical (unpaired) electrons. The van der Waals surface area contributed by atoms with Crippen LogP contribution in [-0.2, 0) is 11.3 Å². The van der Waals surface area contributed by atoms with E-state index in [1.165, 1.54) is 0 Å². The van der Waals surface area contributed by atoms with Gasteiger partial charge >= 0.3 is 0 Å². The normalized spacial score (nSPS) is 19.9. The predicted octanol–water partition coefficient (Wildman–Crippen LogP) is 1.89. The highest BCUT2D eigenvalue weighted by molar-refractivity contribution is 6.31. The minimum Gasteiger partial charge on any atom is -0.370 e. The summed E-state index contributed by atoms with van der Waals surface area (Å²) in [6.07, 6.45) is -0.357. The summed E-state index contributed by atoms with van der Waals surface area (Å²) in [4.78, 5) is 6.64. The van der Waals surface area contributed by atoms with Gasteiger partial charge in [0.25, 0.3) is 0 Å². The molecule has 0 saturated carbocycles. The van der Waals surface area contributed by atoms with Crippen LogP contribution in [0, 0.1) is 11.3 Å². The Morgan fingerprint density at radius 1 is 1.63 bits per heavy atom. The number of ether oxygens (including phenoxy) is 1. The summed E-state index contributed by atoms with van der Waals surface area (Å²) in [5.41, 5.74) is 0.832. The van der Waals surface area contributed by atoms with Gasteiger partial charge in [0.05, 0.1) is 23.4 Å². The molecule has 19 heavy (non-hydrogen) atoms. The number of hydrogen-bond acceptors (Lipinski definition) is 5. The number of rotatable bonds is 4. The van der Waals surface area contributed by atoms with E-state index in [1.807, 2.05) is 19.1 Å². The number of nitrogens with zero attached hydrogens (tertiary/aromatic N) is 3. The van der Waals surface area contributed by atoms with Crippen LogP contribution in [0.2, 0.25) is 5.02 Å². The van der Waals surface area contributed by atoms with Crippen LogP contribution in [0.15, 0.2) is 12.1 Å². The number of hydrogen-bond donors (Lipinski definition) is 1. The molecular formula is C13H17ClN4O. The fraction of sp³-hybridized carbons (Fsp3) is 0.538.